The first kappa shape index (κ1) is 29.3. The van der Waals surface area contributed by atoms with Gasteiger partial charge >= 0.3 is 0 Å². The minimum absolute atomic E-state index is 0.0896. The highest BCUT2D eigenvalue weighted by atomic mass is 16.5. The predicted octanol–water partition coefficient (Wildman–Crippen LogP) is 4.46. The van der Waals surface area contributed by atoms with Crippen LogP contribution < -0.4 is 20.2 Å². The molecule has 0 saturated carbocycles. The van der Waals surface area contributed by atoms with E-state index in [4.69, 9.17) is 19.3 Å². The number of hydroxylamine groups is 3. The van der Waals surface area contributed by atoms with E-state index >= 15 is 0 Å². The Morgan fingerprint density at radius 3 is 2.60 bits per heavy atom. The van der Waals surface area contributed by atoms with Crippen molar-refractivity contribution >= 4 is 22.6 Å². The van der Waals surface area contributed by atoms with Crippen molar-refractivity contribution in [3.8, 4) is 17.2 Å². The van der Waals surface area contributed by atoms with Gasteiger partial charge in [-0.3, -0.25) is 9.47 Å². The van der Waals surface area contributed by atoms with Gasteiger partial charge in [0.1, 0.15) is 24.7 Å². The molecule has 1 saturated heterocycles. The lowest BCUT2D eigenvalue weighted by molar-refractivity contribution is -0.886. The third-order valence-electron chi connectivity index (χ3n) is 7.66. The number of aromatic nitrogens is 2. The number of nitrogens with zero attached hydrogens (tertiary/aromatic N) is 3. The van der Waals surface area contributed by atoms with Gasteiger partial charge < -0.3 is 39.9 Å². The minimum Gasteiger partial charge on any atom is -0.633 e. The fourth-order valence-corrected chi connectivity index (χ4v) is 5.31. The number of methoxy groups -OCH3 is 1. The van der Waals surface area contributed by atoms with Gasteiger partial charge in [-0.2, -0.15) is 0 Å². The minimum atomic E-state index is -0.329. The van der Waals surface area contributed by atoms with E-state index in [9.17, 15) is 10.0 Å². The quantitative estimate of drug-likeness (QED) is 0.128. The van der Waals surface area contributed by atoms with Gasteiger partial charge in [0, 0.05) is 62.5 Å². The van der Waals surface area contributed by atoms with E-state index in [1.54, 1.807) is 37.6 Å². The number of aliphatic hydroxyl groups excluding tert-OH is 1. The first-order valence-electron chi connectivity index (χ1n) is 14.1. The SMILES string of the molecule is CNn1ccc2cc(Oc3ccnc(NC(=O)c4ccc(C5CC[N+]([O-])(CCO)CC5)cc4)c3)c(OCCOC)cc21. The Hall–Kier alpha value is -4.16. The van der Waals surface area contributed by atoms with E-state index in [2.05, 4.69) is 15.7 Å². The largest absolute Gasteiger partial charge is 0.633 e. The van der Waals surface area contributed by atoms with Gasteiger partial charge in [0.05, 0.1) is 31.8 Å². The van der Waals surface area contributed by atoms with Crippen LogP contribution in [0, 0.1) is 5.21 Å². The van der Waals surface area contributed by atoms with Crippen LogP contribution in [-0.2, 0) is 4.74 Å². The molecule has 4 aromatic rings. The van der Waals surface area contributed by atoms with Crippen LogP contribution in [-0.4, -0.2) is 78.9 Å². The number of rotatable bonds is 12. The second-order valence-electron chi connectivity index (χ2n) is 10.4. The zero-order valence-electron chi connectivity index (χ0n) is 23.9. The molecule has 42 heavy (non-hydrogen) atoms. The van der Waals surface area contributed by atoms with Gasteiger partial charge in [-0.05, 0) is 41.8 Å². The number of hydrogen-bond acceptors (Lipinski definition) is 8. The summed E-state index contributed by atoms with van der Waals surface area (Å²) in [4.78, 5) is 17.3. The van der Waals surface area contributed by atoms with Crippen LogP contribution in [0.5, 0.6) is 17.2 Å². The lowest BCUT2D eigenvalue weighted by Gasteiger charge is -2.47. The zero-order chi connectivity index (χ0) is 29.5. The van der Waals surface area contributed by atoms with Crippen molar-refractivity contribution in [2.24, 2.45) is 0 Å². The number of benzene rings is 2. The number of nitrogens with one attached hydrogen (secondary N) is 2. The average Bonchev–Trinajstić information content (AvgIpc) is 3.40. The topological polar surface area (TPSA) is 130 Å². The van der Waals surface area contributed by atoms with E-state index in [1.807, 2.05) is 48.3 Å². The Bertz CT molecular complexity index is 1500. The molecule has 1 amide bonds. The van der Waals surface area contributed by atoms with Crippen molar-refractivity contribution < 1.29 is 28.8 Å². The summed E-state index contributed by atoms with van der Waals surface area (Å²) in [5.74, 6) is 1.92. The number of ether oxygens (including phenoxy) is 3. The molecule has 11 nitrogen and oxygen atoms in total. The smallest absolute Gasteiger partial charge is 0.256 e. The molecule has 0 unspecified atom stereocenters. The molecule has 11 heteroatoms. The monoisotopic (exact) mass is 575 g/mol. The number of anilines is 1. The maximum atomic E-state index is 13.0. The summed E-state index contributed by atoms with van der Waals surface area (Å²) in [6, 6.07) is 16.7. The third-order valence-corrected chi connectivity index (χ3v) is 7.66. The fraction of sp³-hybridized carbons (Fsp3) is 0.355. The molecule has 1 aliphatic heterocycles. The van der Waals surface area contributed by atoms with Gasteiger partial charge in [-0.1, -0.05) is 12.1 Å². The molecule has 222 valence electrons. The number of piperidine rings is 1. The molecule has 3 heterocycles. The Balaban J connectivity index is 1.25. The summed E-state index contributed by atoms with van der Waals surface area (Å²) in [5, 5.41) is 25.5. The molecule has 0 radical (unpaired) electrons. The number of carbonyl (C=O) groups excluding carboxylic acids is 1. The molecule has 0 atom stereocenters. The highest BCUT2D eigenvalue weighted by molar-refractivity contribution is 6.03. The van der Waals surface area contributed by atoms with Crippen molar-refractivity contribution in [1.82, 2.24) is 9.66 Å². The highest BCUT2D eigenvalue weighted by Crippen LogP contribution is 2.36. The van der Waals surface area contributed by atoms with Crippen LogP contribution >= 0.6 is 0 Å². The summed E-state index contributed by atoms with van der Waals surface area (Å²) < 4.78 is 18.8. The summed E-state index contributed by atoms with van der Waals surface area (Å²) in [6.45, 7) is 1.94. The van der Waals surface area contributed by atoms with Gasteiger partial charge in [0.25, 0.3) is 5.91 Å². The van der Waals surface area contributed by atoms with Crippen LogP contribution in [0.4, 0.5) is 5.82 Å². The number of quaternary nitrogens is 1. The number of fused-ring (bicyclic) bond motifs is 1. The maximum Gasteiger partial charge on any atom is 0.256 e. The van der Waals surface area contributed by atoms with E-state index in [-0.39, 0.29) is 29.6 Å². The van der Waals surface area contributed by atoms with Crippen molar-refractivity contribution in [1.29, 1.82) is 0 Å². The Morgan fingerprint density at radius 2 is 1.88 bits per heavy atom. The maximum absolute atomic E-state index is 13.0. The standard InChI is InChI=1S/C31H37N5O6/c1-32-35-12-8-25-19-29(28(21-27(25)35)41-18-17-40-2)42-26-7-11-33-30(20-26)34-31(38)24-5-3-22(4-6-24)23-9-13-36(39,14-10-23)15-16-37/h3-8,11-12,19-21,23,32,37H,9-10,13-18H2,1-2H3,(H,33,34,38). The number of amides is 1. The summed E-state index contributed by atoms with van der Waals surface area (Å²) in [6.07, 6.45) is 5.02. The van der Waals surface area contributed by atoms with Gasteiger partial charge in [-0.15, -0.1) is 0 Å². The predicted molar refractivity (Wildman–Crippen MR) is 161 cm³/mol. The molecule has 5 rings (SSSR count). The van der Waals surface area contributed by atoms with Crippen LogP contribution in [0.3, 0.4) is 0 Å². The van der Waals surface area contributed by atoms with Crippen LogP contribution in [0.25, 0.3) is 10.9 Å². The Kier molecular flexibility index (Phi) is 9.23. The second kappa shape index (κ2) is 13.2. The molecule has 2 aromatic heterocycles. The van der Waals surface area contributed by atoms with E-state index in [0.717, 1.165) is 29.3 Å². The average molecular weight is 576 g/mol. The normalized spacial score (nSPS) is 18.5. The van der Waals surface area contributed by atoms with Gasteiger partial charge in [0.15, 0.2) is 11.5 Å². The molecule has 0 aliphatic carbocycles. The van der Waals surface area contributed by atoms with E-state index < -0.39 is 0 Å². The van der Waals surface area contributed by atoms with Gasteiger partial charge in [0.2, 0.25) is 0 Å². The number of carbonyl (C=O) groups is 1. The fourth-order valence-electron chi connectivity index (χ4n) is 5.31. The summed E-state index contributed by atoms with van der Waals surface area (Å²) in [7, 11) is 3.46. The molecular formula is C31H37N5O6. The Morgan fingerprint density at radius 1 is 1.10 bits per heavy atom. The molecular weight excluding hydrogens is 538 g/mol. The molecule has 1 aliphatic rings. The number of pyridine rings is 1. The lowest BCUT2D eigenvalue weighted by atomic mass is 9.88. The van der Waals surface area contributed by atoms with E-state index in [0.29, 0.717) is 54.9 Å². The molecule has 0 bridgehead atoms. The lowest BCUT2D eigenvalue weighted by Crippen LogP contribution is -2.49. The molecule has 1 fully saturated rings. The number of aliphatic hydroxyl groups is 1. The highest BCUT2D eigenvalue weighted by Gasteiger charge is 2.27. The van der Waals surface area contributed by atoms with Crippen LogP contribution in [0.15, 0.2) is 67.0 Å². The third kappa shape index (κ3) is 6.82. The molecule has 0 spiro atoms. The molecule has 2 aromatic carbocycles. The Labute approximate surface area is 244 Å². The van der Waals surface area contributed by atoms with Crippen molar-refractivity contribution in [3.63, 3.8) is 0 Å². The van der Waals surface area contributed by atoms with E-state index in [1.165, 1.54) is 0 Å². The summed E-state index contributed by atoms with van der Waals surface area (Å²) in [5.41, 5.74) is 5.66. The first-order chi connectivity index (χ1) is 20.4. The van der Waals surface area contributed by atoms with Crippen LogP contribution in [0.1, 0.15) is 34.7 Å². The number of likely N-dealkylation sites (tertiary alicyclic amines) is 1. The first-order valence-corrected chi connectivity index (χ1v) is 14.1. The summed E-state index contributed by atoms with van der Waals surface area (Å²) >= 11 is 0. The molecule has 3 N–H and O–H groups in total. The van der Waals surface area contributed by atoms with Crippen molar-refractivity contribution in [2.45, 2.75) is 18.8 Å². The van der Waals surface area contributed by atoms with Crippen molar-refractivity contribution in [2.75, 3.05) is 64.4 Å². The van der Waals surface area contributed by atoms with Gasteiger partial charge in [-0.25, -0.2) is 4.98 Å². The zero-order valence-corrected chi connectivity index (χ0v) is 23.9. The van der Waals surface area contributed by atoms with Crippen molar-refractivity contribution in [3.05, 3.63) is 83.3 Å². The number of hydrogen-bond donors (Lipinski definition) is 3. The van der Waals surface area contributed by atoms with Crippen LogP contribution in [0.2, 0.25) is 0 Å². The second-order valence-corrected chi connectivity index (χ2v) is 10.4.